The second kappa shape index (κ2) is 6.14. The Morgan fingerprint density at radius 2 is 2.27 bits per heavy atom. The first-order valence-electron chi connectivity index (χ1n) is 5.09. The van der Waals surface area contributed by atoms with Crippen LogP contribution in [0.2, 0.25) is 0 Å². The van der Waals surface area contributed by atoms with Crippen LogP contribution in [0.4, 0.5) is 5.82 Å². The van der Waals surface area contributed by atoms with Gasteiger partial charge in [0.2, 0.25) is 0 Å². The molecular formula is C11H17N3O. The zero-order chi connectivity index (χ0) is 11.1. The van der Waals surface area contributed by atoms with Crippen molar-refractivity contribution in [3.63, 3.8) is 0 Å². The molecule has 82 valence electrons. The van der Waals surface area contributed by atoms with Crippen molar-refractivity contribution in [2.45, 2.75) is 20.0 Å². The van der Waals surface area contributed by atoms with Crippen LogP contribution in [0, 0.1) is 0 Å². The number of aromatic nitrogens is 2. The van der Waals surface area contributed by atoms with E-state index in [0.717, 1.165) is 25.3 Å². The highest BCUT2D eigenvalue weighted by Crippen LogP contribution is 2.09. The monoisotopic (exact) mass is 207 g/mol. The van der Waals surface area contributed by atoms with Gasteiger partial charge in [0.1, 0.15) is 5.82 Å². The maximum Gasteiger partial charge on any atom is 0.147 e. The van der Waals surface area contributed by atoms with Gasteiger partial charge in [0.05, 0.1) is 24.7 Å². The predicted molar refractivity (Wildman–Crippen MR) is 60.7 cm³/mol. The average Bonchev–Trinajstić information content (AvgIpc) is 2.29. The van der Waals surface area contributed by atoms with Gasteiger partial charge in [0.15, 0.2) is 0 Å². The molecule has 0 atom stereocenters. The number of aliphatic hydroxyl groups excluding tert-OH is 1. The lowest BCUT2D eigenvalue weighted by molar-refractivity contribution is 0.276. The van der Waals surface area contributed by atoms with Crippen molar-refractivity contribution < 1.29 is 5.11 Å². The molecule has 0 aliphatic heterocycles. The lowest BCUT2D eigenvalue weighted by Gasteiger charge is -2.20. The van der Waals surface area contributed by atoms with Crippen LogP contribution in [0.1, 0.15) is 19.0 Å². The molecule has 1 N–H and O–H groups in total. The Morgan fingerprint density at radius 3 is 2.73 bits per heavy atom. The minimum atomic E-state index is -0.0669. The van der Waals surface area contributed by atoms with Crippen molar-refractivity contribution in [2.24, 2.45) is 0 Å². The predicted octanol–water partition coefficient (Wildman–Crippen LogP) is 1.37. The van der Waals surface area contributed by atoms with E-state index in [2.05, 4.69) is 28.4 Å². The standard InChI is InChI=1S/C11H17N3O/c1-3-5-14(6-4-2)11-8-12-10(9-15)7-13-11/h3,7-8,15H,1,4-6,9H2,2H3. The number of nitrogens with zero attached hydrogens (tertiary/aromatic N) is 3. The number of anilines is 1. The molecule has 0 aliphatic carbocycles. The molecule has 0 bridgehead atoms. The Labute approximate surface area is 90.3 Å². The fourth-order valence-electron chi connectivity index (χ4n) is 1.32. The van der Waals surface area contributed by atoms with Crippen molar-refractivity contribution in [1.82, 2.24) is 9.97 Å². The van der Waals surface area contributed by atoms with E-state index in [1.165, 1.54) is 0 Å². The van der Waals surface area contributed by atoms with Crippen molar-refractivity contribution in [2.75, 3.05) is 18.0 Å². The van der Waals surface area contributed by atoms with Crippen molar-refractivity contribution in [3.05, 3.63) is 30.7 Å². The fraction of sp³-hybridized carbons (Fsp3) is 0.455. The maximum atomic E-state index is 8.84. The van der Waals surface area contributed by atoms with E-state index in [0.29, 0.717) is 5.69 Å². The summed E-state index contributed by atoms with van der Waals surface area (Å²) < 4.78 is 0. The van der Waals surface area contributed by atoms with Crippen LogP contribution in [-0.2, 0) is 6.61 Å². The maximum absolute atomic E-state index is 8.84. The Morgan fingerprint density at radius 1 is 1.47 bits per heavy atom. The number of hydrogen-bond acceptors (Lipinski definition) is 4. The Balaban J connectivity index is 2.76. The lowest BCUT2D eigenvalue weighted by Crippen LogP contribution is -2.25. The number of aliphatic hydroxyl groups is 1. The zero-order valence-corrected chi connectivity index (χ0v) is 9.06. The third-order valence-electron chi connectivity index (χ3n) is 2.02. The first kappa shape index (κ1) is 11.7. The third kappa shape index (κ3) is 3.32. The molecular weight excluding hydrogens is 190 g/mol. The topological polar surface area (TPSA) is 49.2 Å². The van der Waals surface area contributed by atoms with Gasteiger partial charge < -0.3 is 10.0 Å². The Bertz CT molecular complexity index is 297. The van der Waals surface area contributed by atoms with Crippen molar-refractivity contribution in [3.8, 4) is 0 Å². The smallest absolute Gasteiger partial charge is 0.147 e. The van der Waals surface area contributed by atoms with Gasteiger partial charge in [-0.05, 0) is 6.42 Å². The minimum absolute atomic E-state index is 0.0669. The molecule has 0 spiro atoms. The van der Waals surface area contributed by atoms with Gasteiger partial charge in [-0.1, -0.05) is 13.0 Å². The molecule has 0 amide bonds. The van der Waals surface area contributed by atoms with Crippen molar-refractivity contribution >= 4 is 5.82 Å². The van der Waals surface area contributed by atoms with E-state index in [-0.39, 0.29) is 6.61 Å². The summed E-state index contributed by atoms with van der Waals surface area (Å²) in [6, 6.07) is 0. The SMILES string of the molecule is C=CCN(CCC)c1cnc(CO)cn1. The molecule has 0 saturated heterocycles. The molecule has 4 nitrogen and oxygen atoms in total. The molecule has 0 aliphatic rings. The Kier molecular flexibility index (Phi) is 4.77. The summed E-state index contributed by atoms with van der Waals surface area (Å²) in [4.78, 5) is 10.4. The number of hydrogen-bond donors (Lipinski definition) is 1. The lowest BCUT2D eigenvalue weighted by atomic mass is 10.4. The van der Waals surface area contributed by atoms with Gasteiger partial charge in [-0.15, -0.1) is 6.58 Å². The molecule has 15 heavy (non-hydrogen) atoms. The van der Waals surface area contributed by atoms with Gasteiger partial charge >= 0.3 is 0 Å². The first-order valence-corrected chi connectivity index (χ1v) is 5.09. The van der Waals surface area contributed by atoms with E-state index in [9.17, 15) is 0 Å². The van der Waals surface area contributed by atoms with Gasteiger partial charge in [-0.25, -0.2) is 4.98 Å². The highest BCUT2D eigenvalue weighted by molar-refractivity contribution is 5.36. The quantitative estimate of drug-likeness (QED) is 0.716. The van der Waals surface area contributed by atoms with Crippen LogP contribution in [0.25, 0.3) is 0 Å². The highest BCUT2D eigenvalue weighted by atomic mass is 16.3. The summed E-state index contributed by atoms with van der Waals surface area (Å²) >= 11 is 0. The van der Waals surface area contributed by atoms with Gasteiger partial charge in [0.25, 0.3) is 0 Å². The second-order valence-electron chi connectivity index (χ2n) is 3.26. The molecule has 0 fully saturated rings. The van der Waals surface area contributed by atoms with E-state index in [1.54, 1.807) is 12.4 Å². The first-order chi connectivity index (χ1) is 7.31. The molecule has 1 aromatic rings. The van der Waals surface area contributed by atoms with Gasteiger partial charge in [-0.3, -0.25) is 4.98 Å². The van der Waals surface area contributed by atoms with E-state index in [4.69, 9.17) is 5.11 Å². The summed E-state index contributed by atoms with van der Waals surface area (Å²) in [5, 5.41) is 8.84. The summed E-state index contributed by atoms with van der Waals surface area (Å²) in [5.41, 5.74) is 0.591. The second-order valence-corrected chi connectivity index (χ2v) is 3.26. The van der Waals surface area contributed by atoms with Crippen LogP contribution >= 0.6 is 0 Å². The third-order valence-corrected chi connectivity index (χ3v) is 2.02. The fourth-order valence-corrected chi connectivity index (χ4v) is 1.32. The Hall–Kier alpha value is -1.42. The molecule has 0 unspecified atom stereocenters. The van der Waals surface area contributed by atoms with E-state index in [1.807, 2.05) is 6.08 Å². The molecule has 0 radical (unpaired) electrons. The van der Waals surface area contributed by atoms with E-state index < -0.39 is 0 Å². The van der Waals surface area contributed by atoms with Gasteiger partial charge in [-0.2, -0.15) is 0 Å². The molecule has 1 rings (SSSR count). The molecule has 0 aromatic carbocycles. The van der Waals surface area contributed by atoms with Crippen LogP contribution in [0.15, 0.2) is 25.0 Å². The minimum Gasteiger partial charge on any atom is -0.390 e. The summed E-state index contributed by atoms with van der Waals surface area (Å²) in [5.74, 6) is 0.828. The highest BCUT2D eigenvalue weighted by Gasteiger charge is 2.05. The van der Waals surface area contributed by atoms with Crippen molar-refractivity contribution in [1.29, 1.82) is 0 Å². The van der Waals surface area contributed by atoms with Crippen LogP contribution in [0.5, 0.6) is 0 Å². The largest absolute Gasteiger partial charge is 0.390 e. The normalized spacial score (nSPS) is 10.0. The van der Waals surface area contributed by atoms with Crippen LogP contribution in [0.3, 0.4) is 0 Å². The van der Waals surface area contributed by atoms with Crippen LogP contribution < -0.4 is 4.90 Å². The molecule has 0 saturated carbocycles. The number of rotatable bonds is 6. The summed E-state index contributed by atoms with van der Waals surface area (Å²) in [7, 11) is 0. The van der Waals surface area contributed by atoms with E-state index >= 15 is 0 Å². The zero-order valence-electron chi connectivity index (χ0n) is 9.06. The van der Waals surface area contributed by atoms with Crippen LogP contribution in [-0.4, -0.2) is 28.2 Å². The summed E-state index contributed by atoms with van der Waals surface area (Å²) in [6.45, 7) is 7.46. The molecule has 1 heterocycles. The molecule has 1 aromatic heterocycles. The van der Waals surface area contributed by atoms with Gasteiger partial charge in [0, 0.05) is 13.1 Å². The summed E-state index contributed by atoms with van der Waals surface area (Å²) in [6.07, 6.45) is 6.18. The average molecular weight is 207 g/mol. The molecule has 4 heteroatoms.